The van der Waals surface area contributed by atoms with Gasteiger partial charge in [-0.2, -0.15) is 0 Å². The molecule has 0 spiro atoms. The van der Waals surface area contributed by atoms with E-state index < -0.39 is 34.1 Å². The Kier molecular flexibility index (Phi) is 8.05. The van der Waals surface area contributed by atoms with Crippen molar-refractivity contribution < 1.29 is 36.3 Å². The summed E-state index contributed by atoms with van der Waals surface area (Å²) in [7, 11) is -3.89. The fourth-order valence-corrected chi connectivity index (χ4v) is 5.66. The van der Waals surface area contributed by atoms with Crippen LogP contribution >= 0.6 is 11.3 Å². The molecule has 0 fully saturated rings. The highest BCUT2D eigenvalue weighted by atomic mass is 32.2. The Morgan fingerprint density at radius 2 is 1.89 bits per heavy atom. The van der Waals surface area contributed by atoms with Crippen LogP contribution in [0.25, 0.3) is 10.6 Å². The maximum Gasteiger partial charge on any atom is 0.573 e. The van der Waals surface area contributed by atoms with Crippen molar-refractivity contribution >= 4 is 27.3 Å². The summed E-state index contributed by atoms with van der Waals surface area (Å²) in [4.78, 5) is 17.1. The van der Waals surface area contributed by atoms with Gasteiger partial charge in [-0.1, -0.05) is 23.4 Å². The third-order valence-corrected chi connectivity index (χ3v) is 8.08. The monoisotopic (exact) mass is 568 g/mol. The number of aromatic nitrogens is 4. The summed E-state index contributed by atoms with van der Waals surface area (Å²) in [5.41, 5.74) is 2.77. The van der Waals surface area contributed by atoms with Gasteiger partial charge >= 0.3 is 6.36 Å². The number of sulfonamides is 1. The molecule has 0 bridgehead atoms. The third kappa shape index (κ3) is 6.91. The fraction of sp³-hybridized carbons (Fsp3) is 0.182. The number of carbonyl (C=O) groups is 1. The molecule has 200 valence electrons. The van der Waals surface area contributed by atoms with E-state index in [-0.39, 0.29) is 22.9 Å². The number of hydrogen-bond donors (Lipinski definition) is 3. The van der Waals surface area contributed by atoms with E-state index in [1.54, 1.807) is 30.5 Å². The van der Waals surface area contributed by atoms with E-state index in [9.17, 15) is 26.4 Å². The van der Waals surface area contributed by atoms with Crippen LogP contribution < -0.4 is 14.9 Å². The van der Waals surface area contributed by atoms with Crippen molar-refractivity contribution in [2.24, 2.45) is 0 Å². The average Bonchev–Trinajstić information content (AvgIpc) is 3.57. The van der Waals surface area contributed by atoms with Crippen LogP contribution in [0, 0.1) is 0 Å². The van der Waals surface area contributed by atoms with E-state index in [0.717, 1.165) is 28.2 Å². The Morgan fingerprint density at radius 1 is 1.13 bits per heavy atom. The first-order chi connectivity index (χ1) is 18.0. The van der Waals surface area contributed by atoms with E-state index in [4.69, 9.17) is 5.21 Å². The molecule has 38 heavy (non-hydrogen) atoms. The number of halogens is 3. The van der Waals surface area contributed by atoms with Gasteiger partial charge in [0.25, 0.3) is 5.91 Å². The molecule has 3 heterocycles. The van der Waals surface area contributed by atoms with E-state index in [0.29, 0.717) is 16.1 Å². The molecule has 0 radical (unpaired) electrons. The molecule has 0 aliphatic heterocycles. The van der Waals surface area contributed by atoms with Crippen molar-refractivity contribution in [2.75, 3.05) is 0 Å². The number of nitrogens with one attached hydrogen (secondary N) is 2. The van der Waals surface area contributed by atoms with Crippen LogP contribution in [0.5, 0.6) is 5.75 Å². The molecule has 3 aromatic heterocycles. The van der Waals surface area contributed by atoms with Gasteiger partial charge < -0.3 is 4.74 Å². The van der Waals surface area contributed by atoms with Gasteiger partial charge in [0.2, 0.25) is 10.0 Å². The first kappa shape index (κ1) is 27.2. The Balaban J connectivity index is 1.43. The second-order valence-electron chi connectivity index (χ2n) is 7.74. The Labute approximate surface area is 217 Å². The van der Waals surface area contributed by atoms with Crippen molar-refractivity contribution in [3.05, 3.63) is 78.2 Å². The Bertz CT molecular complexity index is 1490. The van der Waals surface area contributed by atoms with Gasteiger partial charge in [-0.3, -0.25) is 15.0 Å². The summed E-state index contributed by atoms with van der Waals surface area (Å²) in [5.74, 6) is -1.30. The van der Waals surface area contributed by atoms with Crippen molar-refractivity contribution in [2.45, 2.75) is 29.6 Å². The summed E-state index contributed by atoms with van der Waals surface area (Å²) in [6.07, 6.45) is -1.99. The van der Waals surface area contributed by atoms with E-state index in [1.807, 2.05) is 0 Å². The zero-order valence-electron chi connectivity index (χ0n) is 19.2. The predicted molar refractivity (Wildman–Crippen MR) is 127 cm³/mol. The molecule has 4 aromatic rings. The number of amides is 1. The van der Waals surface area contributed by atoms with E-state index >= 15 is 0 Å². The maximum atomic E-state index is 12.7. The molecule has 1 atom stereocenters. The molecular weight excluding hydrogens is 549 g/mol. The number of nitrogens with zero attached hydrogens (tertiary/aromatic N) is 4. The highest BCUT2D eigenvalue weighted by molar-refractivity contribution is 7.91. The van der Waals surface area contributed by atoms with Gasteiger partial charge in [0.15, 0.2) is 0 Å². The van der Waals surface area contributed by atoms with Crippen LogP contribution in [0.15, 0.2) is 71.2 Å². The lowest BCUT2D eigenvalue weighted by Gasteiger charge is -2.15. The van der Waals surface area contributed by atoms with Gasteiger partial charge in [-0.05, 0) is 42.0 Å². The molecule has 1 amide bonds. The maximum absolute atomic E-state index is 12.7. The third-order valence-electron chi connectivity index (χ3n) is 5.08. The molecule has 4 rings (SSSR count). The molecule has 0 aliphatic carbocycles. The zero-order chi connectivity index (χ0) is 27.3. The number of thiophene rings is 1. The first-order valence-corrected chi connectivity index (χ1v) is 13.0. The zero-order valence-corrected chi connectivity index (χ0v) is 20.8. The highest BCUT2D eigenvalue weighted by Gasteiger charge is 2.31. The molecule has 0 saturated carbocycles. The molecule has 0 saturated heterocycles. The lowest BCUT2D eigenvalue weighted by Crippen LogP contribution is -2.32. The molecule has 3 N–H and O–H groups in total. The van der Waals surface area contributed by atoms with Gasteiger partial charge in [0.05, 0.1) is 29.0 Å². The molecule has 11 nitrogen and oxygen atoms in total. The summed E-state index contributed by atoms with van der Waals surface area (Å²) in [6.45, 7) is -0.240. The number of alkyl halides is 3. The van der Waals surface area contributed by atoms with Gasteiger partial charge in [0.1, 0.15) is 16.0 Å². The van der Waals surface area contributed by atoms with Gasteiger partial charge in [0, 0.05) is 12.6 Å². The summed E-state index contributed by atoms with van der Waals surface area (Å²) in [5, 5.41) is 16.9. The number of carbonyl (C=O) groups excluding carboxylic acids is 1. The highest BCUT2D eigenvalue weighted by Crippen LogP contribution is 2.29. The standard InChI is InChI=1S/C22H19F3N6O5S2/c23-22(24,25)36-16-6-4-14(5-7-16)11-18(21(32)29-33)31-13-15(28-30-31)12-27-38(34,35)20-9-8-19(37-20)17-3-1-2-10-26-17/h1-10,13,18,27,33H,11-12H2,(H,29,32)/t18-/m0/s1. The average molecular weight is 569 g/mol. The van der Waals surface area contributed by atoms with Crippen LogP contribution in [0.2, 0.25) is 0 Å². The number of pyridine rings is 1. The smallest absolute Gasteiger partial charge is 0.406 e. The molecular formula is C22H19F3N6O5S2. The van der Waals surface area contributed by atoms with Crippen molar-refractivity contribution in [1.29, 1.82) is 0 Å². The van der Waals surface area contributed by atoms with Gasteiger partial charge in [-0.15, -0.1) is 29.6 Å². The van der Waals surface area contributed by atoms with E-state index in [2.05, 4.69) is 24.8 Å². The van der Waals surface area contributed by atoms with Crippen LogP contribution in [0.3, 0.4) is 0 Å². The van der Waals surface area contributed by atoms with Crippen LogP contribution in [-0.2, 0) is 27.8 Å². The quantitative estimate of drug-likeness (QED) is 0.195. The molecule has 0 unspecified atom stereocenters. The number of hydroxylamine groups is 1. The first-order valence-electron chi connectivity index (χ1n) is 10.7. The molecule has 1 aromatic carbocycles. The number of rotatable bonds is 10. The van der Waals surface area contributed by atoms with Gasteiger partial charge in [-0.25, -0.2) is 23.3 Å². The van der Waals surface area contributed by atoms with Crippen molar-refractivity contribution in [1.82, 2.24) is 30.2 Å². The Hall–Kier alpha value is -3.86. The second kappa shape index (κ2) is 11.3. The number of ether oxygens (including phenoxy) is 1. The largest absolute Gasteiger partial charge is 0.573 e. The topological polar surface area (TPSA) is 148 Å². The number of benzene rings is 1. The van der Waals surface area contributed by atoms with Crippen LogP contribution in [0.1, 0.15) is 17.3 Å². The second-order valence-corrected chi connectivity index (χ2v) is 10.8. The van der Waals surface area contributed by atoms with Crippen molar-refractivity contribution in [3.63, 3.8) is 0 Å². The minimum absolute atomic E-state index is 0.0704. The SMILES string of the molecule is O=C(NO)[C@H](Cc1ccc(OC(F)(F)F)cc1)n1cc(CNS(=O)(=O)c2ccc(-c3ccccn3)s2)nn1. The number of hydrogen-bond acceptors (Lipinski definition) is 9. The minimum Gasteiger partial charge on any atom is -0.406 e. The Morgan fingerprint density at radius 3 is 2.55 bits per heavy atom. The molecule has 16 heteroatoms. The summed E-state index contributed by atoms with van der Waals surface area (Å²) in [6, 6.07) is 12.1. The normalized spacial score (nSPS) is 12.7. The fourth-order valence-electron chi connectivity index (χ4n) is 3.33. The summed E-state index contributed by atoms with van der Waals surface area (Å²) >= 11 is 1.04. The minimum atomic E-state index is -4.84. The predicted octanol–water partition coefficient (Wildman–Crippen LogP) is 3.07. The van der Waals surface area contributed by atoms with Crippen LogP contribution in [-0.4, -0.2) is 45.9 Å². The van der Waals surface area contributed by atoms with E-state index in [1.165, 1.54) is 29.9 Å². The lowest BCUT2D eigenvalue weighted by molar-refractivity contribution is -0.274. The van der Waals surface area contributed by atoms with Crippen molar-refractivity contribution in [3.8, 4) is 16.3 Å². The van der Waals surface area contributed by atoms with Crippen LogP contribution in [0.4, 0.5) is 13.2 Å². The summed E-state index contributed by atoms with van der Waals surface area (Å²) < 4.78 is 70.0. The molecule has 0 aliphatic rings. The lowest BCUT2D eigenvalue weighted by atomic mass is 10.1.